The fourth-order valence-electron chi connectivity index (χ4n) is 4.39. The average Bonchev–Trinajstić information content (AvgIpc) is 3.07. The van der Waals surface area contributed by atoms with Crippen LogP contribution in [0.2, 0.25) is 0 Å². The van der Waals surface area contributed by atoms with E-state index in [9.17, 15) is 14.7 Å². The number of carbonyl (C=O) groups excluding carboxylic acids is 1. The number of rotatable bonds is 2. The van der Waals surface area contributed by atoms with Gasteiger partial charge in [-0.3, -0.25) is 4.79 Å². The summed E-state index contributed by atoms with van der Waals surface area (Å²) >= 11 is 0. The Balaban J connectivity index is 1.72. The van der Waals surface area contributed by atoms with E-state index in [1.165, 1.54) is 0 Å². The topological polar surface area (TPSA) is 90.7 Å². The van der Waals surface area contributed by atoms with Gasteiger partial charge in [-0.15, -0.1) is 0 Å². The molecule has 1 atom stereocenters. The first-order valence-electron chi connectivity index (χ1n) is 10.4. The fraction of sp³-hybridized carbons (Fsp3) is 0.375. The lowest BCUT2D eigenvalue weighted by Crippen LogP contribution is -2.44. The predicted molar refractivity (Wildman–Crippen MR) is 115 cm³/mol. The maximum Gasteiger partial charge on any atom is 0.343 e. The lowest BCUT2D eigenvalue weighted by atomic mass is 9.86. The highest BCUT2D eigenvalue weighted by molar-refractivity contribution is 5.89. The van der Waals surface area contributed by atoms with E-state index in [1.54, 1.807) is 17.6 Å². The monoisotopic (exact) mass is 420 g/mol. The fourth-order valence-corrected chi connectivity index (χ4v) is 4.39. The smallest absolute Gasteiger partial charge is 0.343 e. The molecule has 0 radical (unpaired) electrons. The van der Waals surface area contributed by atoms with E-state index in [-0.39, 0.29) is 24.2 Å². The Kier molecular flexibility index (Phi) is 4.08. The maximum absolute atomic E-state index is 13.2. The molecule has 0 bridgehead atoms. The van der Waals surface area contributed by atoms with Crippen LogP contribution in [0.5, 0.6) is 5.75 Å². The third-order valence-corrected chi connectivity index (χ3v) is 5.93. The summed E-state index contributed by atoms with van der Waals surface area (Å²) in [5, 5.41) is 11.8. The Hall–Kier alpha value is -3.19. The van der Waals surface area contributed by atoms with Gasteiger partial charge in [0.25, 0.3) is 5.56 Å². The molecule has 4 heterocycles. The molecule has 1 N–H and O–H groups in total. The molecule has 2 aliphatic rings. The van der Waals surface area contributed by atoms with Gasteiger partial charge in [0.1, 0.15) is 18.0 Å². The summed E-state index contributed by atoms with van der Waals surface area (Å²) in [6, 6.07) is 9.45. The van der Waals surface area contributed by atoms with Gasteiger partial charge in [-0.2, -0.15) is 0 Å². The number of esters is 1. The van der Waals surface area contributed by atoms with Crippen LogP contribution in [0.25, 0.3) is 22.3 Å². The number of benzene rings is 1. The third kappa shape index (κ3) is 2.87. The highest BCUT2D eigenvalue weighted by atomic mass is 16.6. The molecule has 7 nitrogen and oxygen atoms in total. The Morgan fingerprint density at radius 3 is 2.74 bits per heavy atom. The van der Waals surface area contributed by atoms with Crippen LogP contribution < -0.4 is 10.3 Å². The van der Waals surface area contributed by atoms with Gasteiger partial charge in [0, 0.05) is 16.5 Å². The molecular weight excluding hydrogens is 396 g/mol. The Morgan fingerprint density at radius 1 is 1.26 bits per heavy atom. The van der Waals surface area contributed by atoms with Crippen molar-refractivity contribution >= 4 is 16.9 Å². The second-order valence-electron chi connectivity index (χ2n) is 9.14. The molecule has 160 valence electrons. The number of pyridine rings is 2. The third-order valence-electron chi connectivity index (χ3n) is 5.93. The molecule has 3 aromatic rings. The summed E-state index contributed by atoms with van der Waals surface area (Å²) in [5.74, 6) is 0.0164. The Labute approximate surface area is 179 Å². The summed E-state index contributed by atoms with van der Waals surface area (Å²) in [4.78, 5) is 30.4. The van der Waals surface area contributed by atoms with E-state index in [2.05, 4.69) is 0 Å². The number of cyclic esters (lactones) is 1. The van der Waals surface area contributed by atoms with Crippen LogP contribution in [0.3, 0.4) is 0 Å². The molecule has 2 aliphatic heterocycles. The van der Waals surface area contributed by atoms with Crippen molar-refractivity contribution in [1.29, 1.82) is 0 Å². The van der Waals surface area contributed by atoms with Gasteiger partial charge in [0.15, 0.2) is 5.60 Å². The number of nitrogens with zero attached hydrogens (tertiary/aromatic N) is 2. The number of fused-ring (bicyclic) bond motifs is 5. The van der Waals surface area contributed by atoms with E-state index in [0.29, 0.717) is 29.1 Å². The highest BCUT2D eigenvalue weighted by Crippen LogP contribution is 2.39. The first kappa shape index (κ1) is 19.8. The van der Waals surface area contributed by atoms with E-state index >= 15 is 0 Å². The van der Waals surface area contributed by atoms with Crippen LogP contribution in [0.1, 0.15) is 50.8 Å². The van der Waals surface area contributed by atoms with Crippen molar-refractivity contribution in [3.8, 4) is 17.1 Å². The van der Waals surface area contributed by atoms with Crippen LogP contribution in [-0.4, -0.2) is 26.2 Å². The molecule has 0 amide bonds. The Morgan fingerprint density at radius 2 is 2.03 bits per heavy atom. The highest BCUT2D eigenvalue weighted by Gasteiger charge is 2.45. The lowest BCUT2D eigenvalue weighted by molar-refractivity contribution is -0.172. The van der Waals surface area contributed by atoms with Crippen molar-refractivity contribution in [1.82, 2.24) is 9.55 Å². The zero-order valence-corrected chi connectivity index (χ0v) is 18.0. The number of hydrogen-bond acceptors (Lipinski definition) is 6. The molecule has 0 fully saturated rings. The first-order valence-corrected chi connectivity index (χ1v) is 10.4. The average molecular weight is 420 g/mol. The lowest BCUT2D eigenvalue weighted by Gasteiger charge is -2.31. The summed E-state index contributed by atoms with van der Waals surface area (Å²) in [6.07, 6.45) is 0.118. The van der Waals surface area contributed by atoms with Crippen LogP contribution in [0.15, 0.2) is 35.1 Å². The van der Waals surface area contributed by atoms with Crippen LogP contribution in [0, 0.1) is 0 Å². The zero-order chi connectivity index (χ0) is 22.1. The van der Waals surface area contributed by atoms with E-state index in [1.807, 2.05) is 45.0 Å². The molecule has 31 heavy (non-hydrogen) atoms. The number of aromatic nitrogens is 2. The number of carbonyl (C=O) groups is 1. The van der Waals surface area contributed by atoms with Gasteiger partial charge >= 0.3 is 5.97 Å². The normalized spacial score (nSPS) is 19.6. The molecule has 0 saturated carbocycles. The minimum absolute atomic E-state index is 0.118. The molecule has 1 aromatic carbocycles. The molecule has 2 aromatic heterocycles. The number of hydrogen-bond donors (Lipinski definition) is 1. The summed E-state index contributed by atoms with van der Waals surface area (Å²) in [6.45, 7) is 7.89. The van der Waals surface area contributed by atoms with E-state index in [0.717, 1.165) is 22.2 Å². The van der Waals surface area contributed by atoms with Gasteiger partial charge in [0.05, 0.1) is 29.0 Å². The van der Waals surface area contributed by atoms with Crippen molar-refractivity contribution in [3.63, 3.8) is 0 Å². The molecular formula is C24H24N2O5. The quantitative estimate of drug-likeness (QED) is 0.501. The second kappa shape index (κ2) is 6.40. The maximum atomic E-state index is 13.2. The van der Waals surface area contributed by atoms with Crippen molar-refractivity contribution in [2.24, 2.45) is 0 Å². The van der Waals surface area contributed by atoms with E-state index in [4.69, 9.17) is 14.5 Å². The minimum Gasteiger partial charge on any atom is -0.487 e. The van der Waals surface area contributed by atoms with Gasteiger partial charge in [-0.05, 0) is 51.5 Å². The van der Waals surface area contributed by atoms with Crippen LogP contribution >= 0.6 is 0 Å². The van der Waals surface area contributed by atoms with Gasteiger partial charge < -0.3 is 19.1 Å². The first-order chi connectivity index (χ1) is 14.6. The summed E-state index contributed by atoms with van der Waals surface area (Å²) in [5.41, 5.74) is 1.12. The van der Waals surface area contributed by atoms with Gasteiger partial charge in [-0.1, -0.05) is 13.0 Å². The Bertz CT molecular complexity index is 1320. The van der Waals surface area contributed by atoms with Crippen LogP contribution in [-0.2, 0) is 28.3 Å². The number of aliphatic hydroxyl groups is 1. The second-order valence-corrected chi connectivity index (χ2v) is 9.14. The van der Waals surface area contributed by atoms with Crippen molar-refractivity contribution in [2.45, 2.75) is 58.5 Å². The minimum atomic E-state index is -1.82. The standard InChI is InChI=1S/C24H24N2O5/c1-5-24(29)16-10-18-20-13(11-26(18)21(27)15(16)12-30-22(24)28)9-14-17(25-20)7-6-8-19(14)31-23(2,3)4/h6-10,29H,5,11-12H2,1-4H3/t24-/m0/s1. The summed E-state index contributed by atoms with van der Waals surface area (Å²) < 4.78 is 12.9. The molecule has 0 saturated heterocycles. The van der Waals surface area contributed by atoms with Crippen molar-refractivity contribution in [3.05, 3.63) is 57.4 Å². The summed E-state index contributed by atoms with van der Waals surface area (Å²) in [7, 11) is 0. The zero-order valence-electron chi connectivity index (χ0n) is 18.0. The van der Waals surface area contributed by atoms with Gasteiger partial charge in [-0.25, -0.2) is 9.78 Å². The molecule has 0 aliphatic carbocycles. The van der Waals surface area contributed by atoms with Crippen molar-refractivity contribution < 1.29 is 19.4 Å². The SMILES string of the molecule is CC[C@@]1(O)C(=O)OCc2c1cc1n(c2=O)Cc2cc3c(OC(C)(C)C)cccc3nc2-1. The number of ether oxygens (including phenoxy) is 2. The molecule has 5 rings (SSSR count). The van der Waals surface area contributed by atoms with Gasteiger partial charge in [0.2, 0.25) is 0 Å². The predicted octanol–water partition coefficient (Wildman–Crippen LogP) is 3.26. The van der Waals surface area contributed by atoms with Crippen LogP contribution in [0.4, 0.5) is 0 Å². The molecule has 0 spiro atoms. The van der Waals surface area contributed by atoms with Crippen molar-refractivity contribution in [2.75, 3.05) is 0 Å². The molecule has 7 heteroatoms. The largest absolute Gasteiger partial charge is 0.487 e. The van der Waals surface area contributed by atoms with E-state index < -0.39 is 11.6 Å². The molecule has 0 unspecified atom stereocenters.